The van der Waals surface area contributed by atoms with Crippen molar-refractivity contribution in [1.82, 2.24) is 19.9 Å². The standard InChI is InChI=1S/C16H17FN4O/c1-2-7-18-9-12(17)8-11-10-21-15(19-20-16(21)22)14-6-4-3-5-13(11)14/h2-6,10,12,18H,1,7-9H2,(H,20,22). The molecule has 0 bridgehead atoms. The maximum Gasteiger partial charge on any atom is 0.347 e. The molecule has 0 saturated heterocycles. The second-order valence-electron chi connectivity index (χ2n) is 5.17. The quantitative estimate of drug-likeness (QED) is 0.539. The summed E-state index contributed by atoms with van der Waals surface area (Å²) in [7, 11) is 0. The van der Waals surface area contributed by atoms with Gasteiger partial charge in [0.05, 0.1) is 0 Å². The smallest absolute Gasteiger partial charge is 0.310 e. The van der Waals surface area contributed by atoms with E-state index in [1.165, 1.54) is 4.40 Å². The Morgan fingerprint density at radius 1 is 1.41 bits per heavy atom. The van der Waals surface area contributed by atoms with E-state index < -0.39 is 6.17 Å². The maximum absolute atomic E-state index is 14.2. The summed E-state index contributed by atoms with van der Waals surface area (Å²) in [5, 5.41) is 11.2. The first-order chi connectivity index (χ1) is 10.7. The lowest BCUT2D eigenvalue weighted by molar-refractivity contribution is 0.321. The number of aromatic nitrogens is 3. The average molecular weight is 300 g/mol. The number of halogens is 1. The second kappa shape index (κ2) is 6.11. The molecule has 0 aliphatic rings. The molecule has 5 nitrogen and oxygen atoms in total. The minimum absolute atomic E-state index is 0.234. The van der Waals surface area contributed by atoms with E-state index in [0.717, 1.165) is 16.3 Å². The van der Waals surface area contributed by atoms with Crippen LogP contribution >= 0.6 is 0 Å². The molecule has 114 valence electrons. The van der Waals surface area contributed by atoms with E-state index in [0.29, 0.717) is 12.2 Å². The fraction of sp³-hybridized carbons (Fsp3) is 0.250. The van der Waals surface area contributed by atoms with Crippen molar-refractivity contribution in [2.45, 2.75) is 12.6 Å². The fourth-order valence-corrected chi connectivity index (χ4v) is 2.61. The number of benzene rings is 1. The van der Waals surface area contributed by atoms with Crippen LogP contribution in [-0.2, 0) is 6.42 Å². The third-order valence-electron chi connectivity index (χ3n) is 3.60. The number of nitrogens with one attached hydrogen (secondary N) is 2. The summed E-state index contributed by atoms with van der Waals surface area (Å²) in [6.07, 6.45) is 2.56. The van der Waals surface area contributed by atoms with E-state index in [2.05, 4.69) is 22.1 Å². The van der Waals surface area contributed by atoms with Gasteiger partial charge in [0, 0.05) is 31.1 Å². The normalized spacial score (nSPS) is 12.8. The van der Waals surface area contributed by atoms with E-state index in [9.17, 15) is 9.18 Å². The third-order valence-corrected chi connectivity index (χ3v) is 3.60. The Hall–Kier alpha value is -2.47. The first-order valence-electron chi connectivity index (χ1n) is 7.13. The minimum Gasteiger partial charge on any atom is -0.310 e. The summed E-state index contributed by atoms with van der Waals surface area (Å²) >= 11 is 0. The van der Waals surface area contributed by atoms with Crippen molar-refractivity contribution < 1.29 is 4.39 Å². The zero-order valence-electron chi connectivity index (χ0n) is 12.1. The van der Waals surface area contributed by atoms with Gasteiger partial charge in [0.2, 0.25) is 0 Å². The molecule has 6 heteroatoms. The number of pyridine rings is 1. The molecule has 3 rings (SSSR count). The molecule has 1 aromatic carbocycles. The lowest BCUT2D eigenvalue weighted by atomic mass is 10.0. The van der Waals surface area contributed by atoms with Gasteiger partial charge in [-0.1, -0.05) is 30.3 Å². The molecule has 1 unspecified atom stereocenters. The predicted octanol–water partition coefficient (Wildman–Crippen LogP) is 1.83. The van der Waals surface area contributed by atoms with E-state index >= 15 is 0 Å². The number of hydrogen-bond donors (Lipinski definition) is 2. The molecule has 2 heterocycles. The summed E-state index contributed by atoms with van der Waals surface area (Å²) in [4.78, 5) is 11.8. The van der Waals surface area contributed by atoms with Gasteiger partial charge in [-0.05, 0) is 10.9 Å². The van der Waals surface area contributed by atoms with E-state index in [-0.39, 0.29) is 18.7 Å². The topological polar surface area (TPSA) is 62.2 Å². The lowest BCUT2D eigenvalue weighted by Crippen LogP contribution is -2.25. The average Bonchev–Trinajstić information content (AvgIpc) is 2.89. The highest BCUT2D eigenvalue weighted by molar-refractivity contribution is 5.95. The van der Waals surface area contributed by atoms with Crippen LogP contribution in [-0.4, -0.2) is 33.9 Å². The van der Waals surface area contributed by atoms with Gasteiger partial charge in [-0.2, -0.15) is 5.10 Å². The predicted molar refractivity (Wildman–Crippen MR) is 85.0 cm³/mol. The molecule has 0 radical (unpaired) electrons. The molecular weight excluding hydrogens is 283 g/mol. The Morgan fingerprint density at radius 3 is 2.95 bits per heavy atom. The van der Waals surface area contributed by atoms with Crippen LogP contribution in [0.3, 0.4) is 0 Å². The van der Waals surface area contributed by atoms with Crippen LogP contribution in [0.5, 0.6) is 0 Å². The number of H-pyrrole nitrogens is 1. The summed E-state index contributed by atoms with van der Waals surface area (Å²) in [5.74, 6) is 0. The number of fused-ring (bicyclic) bond motifs is 3. The van der Waals surface area contributed by atoms with Crippen LogP contribution in [0, 0.1) is 0 Å². The summed E-state index contributed by atoms with van der Waals surface area (Å²) in [6, 6.07) is 7.59. The Bertz CT molecular complexity index is 867. The number of aromatic amines is 1. The van der Waals surface area contributed by atoms with E-state index in [1.807, 2.05) is 24.3 Å². The minimum atomic E-state index is -1.04. The highest BCUT2D eigenvalue weighted by Crippen LogP contribution is 2.23. The molecule has 2 N–H and O–H groups in total. The van der Waals surface area contributed by atoms with Gasteiger partial charge in [-0.3, -0.25) is 0 Å². The number of hydrogen-bond acceptors (Lipinski definition) is 3. The molecule has 2 aromatic heterocycles. The number of rotatable bonds is 6. The fourth-order valence-electron chi connectivity index (χ4n) is 2.61. The molecule has 0 aliphatic carbocycles. The number of alkyl halides is 1. The second-order valence-corrected chi connectivity index (χ2v) is 5.17. The van der Waals surface area contributed by atoms with Crippen molar-refractivity contribution in [3.05, 3.63) is 59.2 Å². The van der Waals surface area contributed by atoms with E-state index in [1.54, 1.807) is 12.3 Å². The van der Waals surface area contributed by atoms with E-state index in [4.69, 9.17) is 0 Å². The molecule has 0 fully saturated rings. The molecule has 0 aliphatic heterocycles. The largest absolute Gasteiger partial charge is 0.347 e. The maximum atomic E-state index is 14.2. The molecule has 0 amide bonds. The van der Waals surface area contributed by atoms with Crippen molar-refractivity contribution in [2.75, 3.05) is 13.1 Å². The van der Waals surface area contributed by atoms with Crippen LogP contribution in [0.15, 0.2) is 47.9 Å². The molecule has 1 atom stereocenters. The molecule has 22 heavy (non-hydrogen) atoms. The van der Waals surface area contributed by atoms with Crippen LogP contribution in [0.4, 0.5) is 4.39 Å². The van der Waals surface area contributed by atoms with Crippen LogP contribution in [0.2, 0.25) is 0 Å². The first-order valence-corrected chi connectivity index (χ1v) is 7.13. The van der Waals surface area contributed by atoms with Crippen LogP contribution in [0.25, 0.3) is 16.4 Å². The highest BCUT2D eigenvalue weighted by Gasteiger charge is 2.14. The molecule has 0 spiro atoms. The Kier molecular flexibility index (Phi) is 4.02. The molecule has 0 saturated carbocycles. The number of nitrogens with zero attached hydrogens (tertiary/aromatic N) is 2. The van der Waals surface area contributed by atoms with Crippen molar-refractivity contribution in [3.63, 3.8) is 0 Å². The summed E-state index contributed by atoms with van der Waals surface area (Å²) < 4.78 is 15.6. The van der Waals surface area contributed by atoms with Gasteiger partial charge >= 0.3 is 5.69 Å². The summed E-state index contributed by atoms with van der Waals surface area (Å²) in [5.41, 5.74) is 1.03. The zero-order valence-corrected chi connectivity index (χ0v) is 12.1. The van der Waals surface area contributed by atoms with Gasteiger partial charge in [0.1, 0.15) is 6.17 Å². The van der Waals surface area contributed by atoms with Crippen LogP contribution in [0.1, 0.15) is 5.56 Å². The Labute approximate surface area is 126 Å². The Morgan fingerprint density at radius 2 is 2.18 bits per heavy atom. The molecule has 3 aromatic rings. The zero-order chi connectivity index (χ0) is 15.5. The van der Waals surface area contributed by atoms with Crippen LogP contribution < -0.4 is 11.0 Å². The van der Waals surface area contributed by atoms with Gasteiger partial charge in [0.15, 0.2) is 5.65 Å². The van der Waals surface area contributed by atoms with Crippen molar-refractivity contribution >= 4 is 16.4 Å². The highest BCUT2D eigenvalue weighted by atomic mass is 19.1. The van der Waals surface area contributed by atoms with Gasteiger partial charge < -0.3 is 5.32 Å². The van der Waals surface area contributed by atoms with Crippen molar-refractivity contribution in [2.24, 2.45) is 0 Å². The lowest BCUT2D eigenvalue weighted by Gasteiger charge is -2.12. The molecular formula is C16H17FN4O. The third kappa shape index (κ3) is 2.65. The SMILES string of the molecule is C=CCNCC(F)Cc1cn2c(=O)[nH]nc2c2ccccc12. The van der Waals surface area contributed by atoms with Crippen molar-refractivity contribution in [3.8, 4) is 0 Å². The first kappa shape index (κ1) is 14.5. The van der Waals surface area contributed by atoms with Gasteiger partial charge in [-0.15, -0.1) is 6.58 Å². The van der Waals surface area contributed by atoms with Gasteiger partial charge in [0.25, 0.3) is 0 Å². The Balaban J connectivity index is 2.01. The van der Waals surface area contributed by atoms with Gasteiger partial charge in [-0.25, -0.2) is 18.7 Å². The monoisotopic (exact) mass is 300 g/mol. The summed E-state index contributed by atoms with van der Waals surface area (Å²) in [6.45, 7) is 4.41. The van der Waals surface area contributed by atoms with Crippen molar-refractivity contribution in [1.29, 1.82) is 0 Å².